The topological polar surface area (TPSA) is 66.4 Å². The molecule has 0 aliphatic heterocycles. The van der Waals surface area contributed by atoms with Crippen LogP contribution < -0.4 is 5.32 Å². The summed E-state index contributed by atoms with van der Waals surface area (Å²) in [6.07, 6.45) is 0.526. The molecule has 0 saturated heterocycles. The first-order chi connectivity index (χ1) is 10.1. The fraction of sp³-hybridized carbons (Fsp3) is 0.176. The van der Waals surface area contributed by atoms with Gasteiger partial charge in [-0.05, 0) is 42.7 Å². The molecule has 0 unspecified atom stereocenters. The van der Waals surface area contributed by atoms with Gasteiger partial charge >= 0.3 is 5.97 Å². The average molecular weight is 283 g/mol. The second-order valence-electron chi connectivity index (χ2n) is 4.86. The van der Waals surface area contributed by atoms with Gasteiger partial charge in [0.25, 0.3) is 5.91 Å². The fourth-order valence-corrected chi connectivity index (χ4v) is 2.08. The number of hydrogen-bond acceptors (Lipinski definition) is 2. The standard InChI is InChI=1S/C17H17NO3/c1-12-5-2-3-8-15(12)17(21)18-14-7-4-6-13(11-14)9-10-16(19)20/h2-8,11H,9-10H2,1H3,(H,18,21)(H,19,20). The first-order valence-corrected chi connectivity index (χ1v) is 6.74. The van der Waals surface area contributed by atoms with Gasteiger partial charge in [0.15, 0.2) is 0 Å². The van der Waals surface area contributed by atoms with Gasteiger partial charge in [-0.25, -0.2) is 0 Å². The summed E-state index contributed by atoms with van der Waals surface area (Å²) < 4.78 is 0. The highest BCUT2D eigenvalue weighted by molar-refractivity contribution is 6.05. The molecule has 2 aromatic rings. The molecule has 0 radical (unpaired) electrons. The van der Waals surface area contributed by atoms with Gasteiger partial charge in [-0.3, -0.25) is 9.59 Å². The maximum absolute atomic E-state index is 12.2. The van der Waals surface area contributed by atoms with Crippen LogP contribution in [-0.4, -0.2) is 17.0 Å². The molecule has 4 nitrogen and oxygen atoms in total. The van der Waals surface area contributed by atoms with Gasteiger partial charge in [-0.2, -0.15) is 0 Å². The summed E-state index contributed by atoms with van der Waals surface area (Å²) in [5, 5.41) is 11.5. The van der Waals surface area contributed by atoms with Crippen LogP contribution in [0.3, 0.4) is 0 Å². The molecule has 0 aliphatic rings. The second-order valence-corrected chi connectivity index (χ2v) is 4.86. The second kappa shape index (κ2) is 6.70. The molecule has 0 bridgehead atoms. The third-order valence-electron chi connectivity index (χ3n) is 3.20. The Morgan fingerprint density at radius 1 is 1.10 bits per heavy atom. The summed E-state index contributed by atoms with van der Waals surface area (Å²) >= 11 is 0. The van der Waals surface area contributed by atoms with Crippen LogP contribution in [0.2, 0.25) is 0 Å². The van der Waals surface area contributed by atoms with Crippen LogP contribution in [0.5, 0.6) is 0 Å². The van der Waals surface area contributed by atoms with E-state index in [9.17, 15) is 9.59 Å². The number of nitrogens with one attached hydrogen (secondary N) is 1. The Morgan fingerprint density at radius 2 is 1.86 bits per heavy atom. The number of rotatable bonds is 5. The number of aliphatic carboxylic acids is 1. The highest BCUT2D eigenvalue weighted by Crippen LogP contribution is 2.15. The number of carboxylic acid groups (broad SMARTS) is 1. The molecule has 0 aromatic heterocycles. The number of carboxylic acids is 1. The Bertz CT molecular complexity index is 665. The predicted molar refractivity (Wildman–Crippen MR) is 81.5 cm³/mol. The molecule has 1 amide bonds. The fourth-order valence-electron chi connectivity index (χ4n) is 2.08. The molecule has 2 N–H and O–H groups in total. The van der Waals surface area contributed by atoms with E-state index in [1.165, 1.54) is 0 Å². The van der Waals surface area contributed by atoms with Crippen molar-refractivity contribution >= 4 is 17.6 Å². The molecule has 21 heavy (non-hydrogen) atoms. The molecule has 2 rings (SSSR count). The molecule has 0 heterocycles. The van der Waals surface area contributed by atoms with Gasteiger partial charge in [0.05, 0.1) is 0 Å². The van der Waals surface area contributed by atoms with Crippen molar-refractivity contribution in [1.29, 1.82) is 0 Å². The van der Waals surface area contributed by atoms with E-state index >= 15 is 0 Å². The Balaban J connectivity index is 2.09. The predicted octanol–water partition coefficient (Wildman–Crippen LogP) is 3.26. The normalized spacial score (nSPS) is 10.1. The summed E-state index contributed by atoms with van der Waals surface area (Å²) in [4.78, 5) is 22.8. The van der Waals surface area contributed by atoms with Crippen LogP contribution in [0.1, 0.15) is 27.9 Å². The van der Waals surface area contributed by atoms with Crippen LogP contribution in [-0.2, 0) is 11.2 Å². The molecule has 0 spiro atoms. The van der Waals surface area contributed by atoms with E-state index in [4.69, 9.17) is 5.11 Å². The molecule has 0 saturated carbocycles. The summed E-state index contributed by atoms with van der Waals surface area (Å²) in [5.41, 5.74) is 3.11. The third kappa shape index (κ3) is 4.18. The van der Waals surface area contributed by atoms with E-state index in [1.807, 2.05) is 37.3 Å². The molecule has 2 aromatic carbocycles. The number of anilines is 1. The Hall–Kier alpha value is -2.62. The van der Waals surface area contributed by atoms with Crippen molar-refractivity contribution in [3.63, 3.8) is 0 Å². The molecule has 0 atom stereocenters. The minimum absolute atomic E-state index is 0.0786. The Morgan fingerprint density at radius 3 is 2.57 bits per heavy atom. The zero-order valence-corrected chi connectivity index (χ0v) is 11.8. The molecule has 108 valence electrons. The van der Waals surface area contributed by atoms with Crippen molar-refractivity contribution in [2.75, 3.05) is 5.32 Å². The molecular formula is C17H17NO3. The Kier molecular flexibility index (Phi) is 4.72. The van der Waals surface area contributed by atoms with E-state index in [0.717, 1.165) is 11.1 Å². The first kappa shape index (κ1) is 14.8. The van der Waals surface area contributed by atoms with Crippen molar-refractivity contribution in [3.8, 4) is 0 Å². The summed E-state index contributed by atoms with van der Waals surface area (Å²) in [6, 6.07) is 14.6. The highest BCUT2D eigenvalue weighted by atomic mass is 16.4. The molecular weight excluding hydrogens is 266 g/mol. The van der Waals surface area contributed by atoms with Crippen molar-refractivity contribution in [1.82, 2.24) is 0 Å². The van der Waals surface area contributed by atoms with E-state index in [2.05, 4.69) is 5.32 Å². The number of carbonyl (C=O) groups excluding carboxylic acids is 1. The quantitative estimate of drug-likeness (QED) is 0.885. The van der Waals surface area contributed by atoms with Crippen LogP contribution in [0.15, 0.2) is 48.5 Å². The van der Waals surface area contributed by atoms with Crippen LogP contribution in [0, 0.1) is 6.92 Å². The lowest BCUT2D eigenvalue weighted by atomic mass is 10.1. The maximum atomic E-state index is 12.2. The number of hydrogen-bond donors (Lipinski definition) is 2. The van der Waals surface area contributed by atoms with E-state index in [0.29, 0.717) is 17.7 Å². The largest absolute Gasteiger partial charge is 0.481 e. The highest BCUT2D eigenvalue weighted by Gasteiger charge is 2.08. The zero-order valence-electron chi connectivity index (χ0n) is 11.8. The number of benzene rings is 2. The summed E-state index contributed by atoms with van der Waals surface area (Å²) in [6.45, 7) is 1.89. The van der Waals surface area contributed by atoms with E-state index in [1.54, 1.807) is 18.2 Å². The van der Waals surface area contributed by atoms with Crippen LogP contribution in [0.4, 0.5) is 5.69 Å². The third-order valence-corrected chi connectivity index (χ3v) is 3.20. The smallest absolute Gasteiger partial charge is 0.303 e. The van der Waals surface area contributed by atoms with E-state index in [-0.39, 0.29) is 12.3 Å². The lowest BCUT2D eigenvalue weighted by Gasteiger charge is -2.09. The molecule has 0 aliphatic carbocycles. The lowest BCUT2D eigenvalue weighted by molar-refractivity contribution is -0.136. The number of carbonyl (C=O) groups is 2. The van der Waals surface area contributed by atoms with Gasteiger partial charge in [0.2, 0.25) is 0 Å². The van der Waals surface area contributed by atoms with Gasteiger partial charge in [-0.1, -0.05) is 30.3 Å². The van der Waals surface area contributed by atoms with Crippen molar-refractivity contribution < 1.29 is 14.7 Å². The van der Waals surface area contributed by atoms with Crippen LogP contribution >= 0.6 is 0 Å². The van der Waals surface area contributed by atoms with Crippen molar-refractivity contribution in [3.05, 3.63) is 65.2 Å². The monoisotopic (exact) mass is 283 g/mol. The minimum Gasteiger partial charge on any atom is -0.481 e. The number of aryl methyl sites for hydroxylation is 2. The number of amides is 1. The first-order valence-electron chi connectivity index (χ1n) is 6.74. The van der Waals surface area contributed by atoms with Crippen LogP contribution in [0.25, 0.3) is 0 Å². The Labute approximate surface area is 123 Å². The van der Waals surface area contributed by atoms with Gasteiger partial charge in [-0.15, -0.1) is 0 Å². The van der Waals surface area contributed by atoms with E-state index < -0.39 is 5.97 Å². The zero-order chi connectivity index (χ0) is 15.2. The lowest BCUT2D eigenvalue weighted by Crippen LogP contribution is -2.13. The van der Waals surface area contributed by atoms with Crippen molar-refractivity contribution in [2.24, 2.45) is 0 Å². The molecule has 0 fully saturated rings. The maximum Gasteiger partial charge on any atom is 0.303 e. The van der Waals surface area contributed by atoms with Gasteiger partial charge in [0.1, 0.15) is 0 Å². The van der Waals surface area contributed by atoms with Crippen molar-refractivity contribution in [2.45, 2.75) is 19.8 Å². The minimum atomic E-state index is -0.829. The molecule has 4 heteroatoms. The van der Waals surface area contributed by atoms with Gasteiger partial charge < -0.3 is 10.4 Å². The average Bonchev–Trinajstić information content (AvgIpc) is 2.46. The summed E-state index contributed by atoms with van der Waals surface area (Å²) in [7, 11) is 0. The van der Waals surface area contributed by atoms with Gasteiger partial charge in [0, 0.05) is 17.7 Å². The summed E-state index contributed by atoms with van der Waals surface area (Å²) in [5.74, 6) is -0.993. The SMILES string of the molecule is Cc1ccccc1C(=O)Nc1cccc(CCC(=O)O)c1.